The van der Waals surface area contributed by atoms with Crippen molar-refractivity contribution in [3.05, 3.63) is 0 Å². The highest BCUT2D eigenvalue weighted by molar-refractivity contribution is 5.69. The van der Waals surface area contributed by atoms with Crippen molar-refractivity contribution >= 4 is 5.97 Å². The van der Waals surface area contributed by atoms with Crippen LogP contribution in [0.4, 0.5) is 0 Å². The number of epoxide rings is 2. The monoisotopic (exact) mass is 268 g/mol. The number of aliphatic carboxylic acids is 1. The zero-order chi connectivity index (χ0) is 13.8. The smallest absolute Gasteiger partial charge is 0.306 e. The second kappa shape index (κ2) is 4.19. The lowest BCUT2D eigenvalue weighted by Gasteiger charge is -2.37. The standard InChI is InChI=1S/C15H24O4/c1-4-15(11(19-15)8-9(2)13(16)17)14(3)7-5-6-10-12(14)18-10/h9-12H,4-8H2,1-3H3,(H,16,17). The summed E-state index contributed by atoms with van der Waals surface area (Å²) >= 11 is 0. The lowest BCUT2D eigenvalue weighted by atomic mass is 9.64. The van der Waals surface area contributed by atoms with Crippen LogP contribution in [0.2, 0.25) is 0 Å². The first-order chi connectivity index (χ1) is 8.94. The molecule has 0 aromatic carbocycles. The van der Waals surface area contributed by atoms with Gasteiger partial charge in [-0.25, -0.2) is 0 Å². The number of hydrogen-bond acceptors (Lipinski definition) is 3. The first-order valence-electron chi connectivity index (χ1n) is 7.50. The maximum Gasteiger partial charge on any atom is 0.306 e. The molecule has 19 heavy (non-hydrogen) atoms. The highest BCUT2D eigenvalue weighted by atomic mass is 16.6. The van der Waals surface area contributed by atoms with Gasteiger partial charge in [0.1, 0.15) is 5.60 Å². The van der Waals surface area contributed by atoms with Crippen molar-refractivity contribution in [2.24, 2.45) is 11.3 Å². The maximum atomic E-state index is 11.0. The molecule has 3 aliphatic rings. The zero-order valence-corrected chi connectivity index (χ0v) is 12.0. The number of hydrogen-bond donors (Lipinski definition) is 1. The summed E-state index contributed by atoms with van der Waals surface area (Å²) in [6.45, 7) is 6.21. The number of rotatable bonds is 5. The van der Waals surface area contributed by atoms with E-state index in [9.17, 15) is 4.79 Å². The molecule has 108 valence electrons. The van der Waals surface area contributed by atoms with E-state index in [1.807, 2.05) is 0 Å². The van der Waals surface area contributed by atoms with Crippen LogP contribution in [-0.4, -0.2) is 35.0 Å². The molecule has 3 fully saturated rings. The lowest BCUT2D eigenvalue weighted by Crippen LogP contribution is -2.44. The summed E-state index contributed by atoms with van der Waals surface area (Å²) in [5.74, 6) is -1.06. The Kier molecular flexibility index (Phi) is 2.95. The molecule has 4 nitrogen and oxygen atoms in total. The van der Waals surface area contributed by atoms with E-state index < -0.39 is 5.97 Å². The summed E-state index contributed by atoms with van der Waals surface area (Å²) < 4.78 is 11.9. The van der Waals surface area contributed by atoms with Gasteiger partial charge in [-0.3, -0.25) is 4.79 Å². The Morgan fingerprint density at radius 1 is 1.53 bits per heavy atom. The van der Waals surface area contributed by atoms with Gasteiger partial charge in [0.2, 0.25) is 0 Å². The van der Waals surface area contributed by atoms with E-state index >= 15 is 0 Å². The molecule has 2 saturated heterocycles. The van der Waals surface area contributed by atoms with Crippen LogP contribution in [-0.2, 0) is 14.3 Å². The molecule has 0 spiro atoms. The van der Waals surface area contributed by atoms with Crippen molar-refractivity contribution in [2.45, 2.75) is 76.8 Å². The van der Waals surface area contributed by atoms with Crippen molar-refractivity contribution in [1.82, 2.24) is 0 Å². The topological polar surface area (TPSA) is 62.4 Å². The number of carbonyl (C=O) groups is 1. The normalized spacial score (nSPS) is 49.3. The quantitative estimate of drug-likeness (QED) is 0.778. The molecule has 1 aliphatic carbocycles. The summed E-state index contributed by atoms with van der Waals surface area (Å²) in [4.78, 5) is 11.0. The van der Waals surface area contributed by atoms with Gasteiger partial charge < -0.3 is 14.6 Å². The van der Waals surface area contributed by atoms with Crippen LogP contribution in [0.3, 0.4) is 0 Å². The van der Waals surface area contributed by atoms with Gasteiger partial charge in [0.25, 0.3) is 0 Å². The second-order valence-corrected chi connectivity index (χ2v) is 6.73. The molecule has 0 radical (unpaired) electrons. The van der Waals surface area contributed by atoms with E-state index in [-0.39, 0.29) is 23.0 Å². The van der Waals surface area contributed by atoms with Gasteiger partial charge in [-0.05, 0) is 25.7 Å². The average Bonchev–Trinajstić information content (AvgIpc) is 3.22. The Morgan fingerprint density at radius 3 is 2.89 bits per heavy atom. The number of carboxylic acid groups (broad SMARTS) is 1. The Morgan fingerprint density at radius 2 is 2.26 bits per heavy atom. The molecular formula is C15H24O4. The van der Waals surface area contributed by atoms with Gasteiger partial charge in [-0.2, -0.15) is 0 Å². The third-order valence-corrected chi connectivity index (χ3v) is 5.69. The van der Waals surface area contributed by atoms with Crippen molar-refractivity contribution in [3.63, 3.8) is 0 Å². The fraction of sp³-hybridized carbons (Fsp3) is 0.933. The number of ether oxygens (including phenoxy) is 2. The molecule has 0 amide bonds. The Bertz CT molecular complexity index is 396. The van der Waals surface area contributed by atoms with E-state index in [2.05, 4.69) is 13.8 Å². The van der Waals surface area contributed by atoms with Crippen LogP contribution in [0.1, 0.15) is 52.9 Å². The van der Waals surface area contributed by atoms with Gasteiger partial charge in [0.15, 0.2) is 0 Å². The summed E-state index contributed by atoms with van der Waals surface area (Å²) in [5, 5.41) is 9.06. The fourth-order valence-electron chi connectivity index (χ4n) is 4.29. The van der Waals surface area contributed by atoms with Gasteiger partial charge in [0, 0.05) is 5.41 Å². The minimum atomic E-state index is -0.727. The molecular weight excluding hydrogens is 244 g/mol. The minimum Gasteiger partial charge on any atom is -0.481 e. The van der Waals surface area contributed by atoms with Crippen LogP contribution < -0.4 is 0 Å². The number of fused-ring (bicyclic) bond motifs is 1. The molecule has 2 heterocycles. The molecule has 0 aromatic rings. The molecule has 3 rings (SSSR count). The molecule has 1 N–H and O–H groups in total. The Hall–Kier alpha value is -0.610. The Balaban J connectivity index is 1.73. The van der Waals surface area contributed by atoms with Gasteiger partial charge in [0.05, 0.1) is 24.2 Å². The number of carboxylic acids is 1. The van der Waals surface area contributed by atoms with Crippen LogP contribution in [0.15, 0.2) is 0 Å². The van der Waals surface area contributed by atoms with Crippen LogP contribution in [0.5, 0.6) is 0 Å². The Labute approximate surface area is 114 Å². The third-order valence-electron chi connectivity index (χ3n) is 5.69. The molecule has 6 atom stereocenters. The SMILES string of the molecule is CCC1(C2(C)CCCC3OC32)OC1CC(C)C(=O)O. The van der Waals surface area contributed by atoms with Crippen LogP contribution in [0, 0.1) is 11.3 Å². The van der Waals surface area contributed by atoms with E-state index in [0.717, 1.165) is 12.8 Å². The van der Waals surface area contributed by atoms with Gasteiger partial charge >= 0.3 is 5.97 Å². The van der Waals surface area contributed by atoms with E-state index in [4.69, 9.17) is 14.6 Å². The zero-order valence-electron chi connectivity index (χ0n) is 12.0. The highest BCUT2D eigenvalue weighted by Crippen LogP contribution is 2.64. The maximum absolute atomic E-state index is 11.0. The highest BCUT2D eigenvalue weighted by Gasteiger charge is 2.72. The van der Waals surface area contributed by atoms with Crippen molar-refractivity contribution in [2.75, 3.05) is 0 Å². The molecule has 0 aromatic heterocycles. The summed E-state index contributed by atoms with van der Waals surface area (Å²) in [6, 6.07) is 0. The van der Waals surface area contributed by atoms with Crippen molar-refractivity contribution in [3.8, 4) is 0 Å². The first-order valence-corrected chi connectivity index (χ1v) is 7.50. The molecule has 2 aliphatic heterocycles. The summed E-state index contributed by atoms with van der Waals surface area (Å²) in [6.07, 6.45) is 5.95. The van der Waals surface area contributed by atoms with Gasteiger partial charge in [-0.1, -0.05) is 27.2 Å². The van der Waals surface area contributed by atoms with Gasteiger partial charge in [-0.15, -0.1) is 0 Å². The summed E-state index contributed by atoms with van der Waals surface area (Å²) in [5.41, 5.74) is -0.0654. The predicted molar refractivity (Wildman–Crippen MR) is 69.9 cm³/mol. The minimum absolute atomic E-state index is 0.0769. The largest absolute Gasteiger partial charge is 0.481 e. The molecule has 6 unspecified atom stereocenters. The fourth-order valence-corrected chi connectivity index (χ4v) is 4.29. The third kappa shape index (κ3) is 1.83. The first kappa shape index (κ1) is 13.4. The van der Waals surface area contributed by atoms with Crippen molar-refractivity contribution < 1.29 is 19.4 Å². The lowest BCUT2D eigenvalue weighted by molar-refractivity contribution is -0.141. The van der Waals surface area contributed by atoms with E-state index in [0.29, 0.717) is 18.6 Å². The molecule has 4 heteroatoms. The van der Waals surface area contributed by atoms with E-state index in [1.54, 1.807) is 6.92 Å². The average molecular weight is 268 g/mol. The summed E-state index contributed by atoms with van der Waals surface area (Å²) in [7, 11) is 0. The van der Waals surface area contributed by atoms with Crippen LogP contribution >= 0.6 is 0 Å². The van der Waals surface area contributed by atoms with E-state index in [1.165, 1.54) is 12.8 Å². The van der Waals surface area contributed by atoms with Crippen molar-refractivity contribution in [1.29, 1.82) is 0 Å². The molecule has 0 bridgehead atoms. The van der Waals surface area contributed by atoms with Crippen LogP contribution in [0.25, 0.3) is 0 Å². The predicted octanol–water partition coefficient (Wildman–Crippen LogP) is 2.60. The second-order valence-electron chi connectivity index (χ2n) is 6.73. The molecule has 1 saturated carbocycles.